The highest BCUT2D eigenvalue weighted by atomic mass is 79.9. The maximum absolute atomic E-state index is 14.3. The maximum Gasteiger partial charge on any atom is 0.148 e. The summed E-state index contributed by atoms with van der Waals surface area (Å²) in [5, 5.41) is 0. The van der Waals surface area contributed by atoms with Gasteiger partial charge in [0.05, 0.1) is 0 Å². The first-order valence-corrected chi connectivity index (χ1v) is 13.3. The van der Waals surface area contributed by atoms with Crippen LogP contribution in [0.4, 0.5) is 0 Å². The van der Waals surface area contributed by atoms with Crippen LogP contribution in [0.3, 0.4) is 0 Å². The highest BCUT2D eigenvalue weighted by molar-refractivity contribution is 9.09. The third-order valence-electron chi connectivity index (χ3n) is 9.66. The summed E-state index contributed by atoms with van der Waals surface area (Å²) in [6, 6.07) is 17.5. The number of ketones is 1. The van der Waals surface area contributed by atoms with Crippen LogP contribution in [0.25, 0.3) is 0 Å². The van der Waals surface area contributed by atoms with Gasteiger partial charge in [0, 0.05) is 16.7 Å². The molecule has 1 nitrogen and oxygen atoms in total. The van der Waals surface area contributed by atoms with Crippen LogP contribution in [-0.4, -0.2) is 10.6 Å². The first-order valence-electron chi connectivity index (χ1n) is 12.4. The number of aryl methyl sites for hydroxylation is 2. The zero-order valence-electron chi connectivity index (χ0n) is 18.6. The Morgan fingerprint density at radius 2 is 1.19 bits per heavy atom. The monoisotopic (exact) mass is 476 g/mol. The van der Waals surface area contributed by atoms with Crippen molar-refractivity contribution in [1.82, 2.24) is 0 Å². The highest BCUT2D eigenvalue weighted by Gasteiger charge is 2.65. The lowest BCUT2D eigenvalue weighted by Gasteiger charge is -2.46. The second-order valence-corrected chi connectivity index (χ2v) is 12.0. The van der Waals surface area contributed by atoms with Gasteiger partial charge in [0.15, 0.2) is 0 Å². The molecule has 4 aliphatic carbocycles. The first-order chi connectivity index (χ1) is 15.1. The number of alkyl halides is 1. The lowest BCUT2D eigenvalue weighted by Crippen LogP contribution is -2.41. The number of benzene rings is 2. The van der Waals surface area contributed by atoms with Crippen molar-refractivity contribution in [2.24, 2.45) is 35.5 Å². The molecule has 0 saturated heterocycles. The lowest BCUT2D eigenvalue weighted by molar-refractivity contribution is -0.121. The lowest BCUT2D eigenvalue weighted by atomic mass is 9.61. The molecule has 0 N–H and O–H groups in total. The van der Waals surface area contributed by atoms with Crippen molar-refractivity contribution in [3.8, 4) is 0 Å². The van der Waals surface area contributed by atoms with Gasteiger partial charge >= 0.3 is 0 Å². The van der Waals surface area contributed by atoms with Gasteiger partial charge in [-0.05, 0) is 97.3 Å². The topological polar surface area (TPSA) is 17.1 Å². The Bertz CT molecular complexity index is 948. The molecule has 4 aliphatic rings. The summed E-state index contributed by atoms with van der Waals surface area (Å²) in [7, 11) is 0. The van der Waals surface area contributed by atoms with Gasteiger partial charge in [-0.2, -0.15) is 0 Å². The van der Waals surface area contributed by atoms with Gasteiger partial charge in [0.1, 0.15) is 5.78 Å². The molecule has 9 atom stereocenters. The predicted octanol–water partition coefficient (Wildman–Crippen LogP) is 7.21. The molecular weight excluding hydrogens is 444 g/mol. The largest absolute Gasteiger partial charge is 0.298 e. The standard InChI is InChI=1S/C29H33BrO/c1-16-8-3-5-10-18(16)27-25-21-13-7-12-20-23(30)15-14-22(24(20)21)26(25)28(29(27)31)19-11-6-4-9-17(19)2/h3-6,8-11,20-28H,7,12-15H2,1-2H3. The minimum Gasteiger partial charge on any atom is -0.298 e. The number of carbonyl (C=O) groups is 1. The van der Waals surface area contributed by atoms with Gasteiger partial charge in [-0.25, -0.2) is 0 Å². The Hall–Kier alpha value is -1.41. The van der Waals surface area contributed by atoms with Crippen molar-refractivity contribution in [3.63, 3.8) is 0 Å². The van der Waals surface area contributed by atoms with Gasteiger partial charge in [-0.15, -0.1) is 0 Å². The van der Waals surface area contributed by atoms with E-state index < -0.39 is 0 Å². The van der Waals surface area contributed by atoms with E-state index >= 15 is 0 Å². The summed E-state index contributed by atoms with van der Waals surface area (Å²) in [6.07, 6.45) is 6.63. The third-order valence-corrected chi connectivity index (χ3v) is 10.8. The molecule has 0 spiro atoms. The summed E-state index contributed by atoms with van der Waals surface area (Å²) >= 11 is 4.08. The van der Waals surface area contributed by atoms with E-state index in [0.29, 0.717) is 22.4 Å². The molecule has 2 aromatic carbocycles. The quantitative estimate of drug-likeness (QED) is 0.418. The van der Waals surface area contributed by atoms with Crippen LogP contribution in [0.2, 0.25) is 0 Å². The number of rotatable bonds is 2. The average Bonchev–Trinajstić information content (AvgIpc) is 3.24. The molecule has 31 heavy (non-hydrogen) atoms. The van der Waals surface area contributed by atoms with Crippen molar-refractivity contribution >= 4 is 21.7 Å². The SMILES string of the molecule is Cc1ccccc1C1C(=O)C(c2ccccc2C)C2C3CCC(Br)C4CCCC(C43)C12. The minimum atomic E-state index is 0.0823. The minimum absolute atomic E-state index is 0.0823. The fraction of sp³-hybridized carbons (Fsp3) is 0.552. The number of halogens is 1. The van der Waals surface area contributed by atoms with Crippen LogP contribution in [-0.2, 0) is 4.79 Å². The van der Waals surface area contributed by atoms with E-state index in [2.05, 4.69) is 78.3 Å². The van der Waals surface area contributed by atoms with Gasteiger partial charge in [0.25, 0.3) is 0 Å². The Morgan fingerprint density at radius 3 is 1.77 bits per heavy atom. The molecule has 6 rings (SSSR count). The number of hydrogen-bond donors (Lipinski definition) is 0. The van der Waals surface area contributed by atoms with Crippen molar-refractivity contribution in [1.29, 1.82) is 0 Å². The Morgan fingerprint density at radius 1 is 0.677 bits per heavy atom. The molecule has 2 aromatic rings. The summed E-state index contributed by atoms with van der Waals surface area (Å²) in [6.45, 7) is 4.41. The predicted molar refractivity (Wildman–Crippen MR) is 130 cm³/mol. The molecule has 0 radical (unpaired) electrons. The van der Waals surface area contributed by atoms with E-state index in [4.69, 9.17) is 0 Å². The van der Waals surface area contributed by atoms with Crippen LogP contribution < -0.4 is 0 Å². The molecule has 0 heterocycles. The van der Waals surface area contributed by atoms with Crippen LogP contribution >= 0.6 is 15.9 Å². The second-order valence-electron chi connectivity index (χ2n) is 10.8. The normalized spacial score (nSPS) is 41.1. The molecule has 0 amide bonds. The summed E-state index contributed by atoms with van der Waals surface area (Å²) < 4.78 is 0. The molecule has 4 fully saturated rings. The number of fused-ring (bicyclic) bond motifs is 3. The fourth-order valence-corrected chi connectivity index (χ4v) is 9.56. The Balaban J connectivity index is 1.53. The Kier molecular flexibility index (Phi) is 4.94. The molecule has 0 aromatic heterocycles. The molecule has 4 saturated carbocycles. The van der Waals surface area contributed by atoms with E-state index in [0.717, 1.165) is 23.7 Å². The van der Waals surface area contributed by atoms with Gasteiger partial charge < -0.3 is 0 Å². The van der Waals surface area contributed by atoms with Crippen molar-refractivity contribution in [2.75, 3.05) is 0 Å². The number of hydrogen-bond acceptors (Lipinski definition) is 1. The van der Waals surface area contributed by atoms with Crippen LogP contribution in [0.5, 0.6) is 0 Å². The van der Waals surface area contributed by atoms with E-state index in [9.17, 15) is 4.79 Å². The molecule has 0 aliphatic heterocycles. The molecule has 2 heteroatoms. The van der Waals surface area contributed by atoms with Gasteiger partial charge in [-0.1, -0.05) is 70.9 Å². The van der Waals surface area contributed by atoms with E-state index in [1.807, 2.05) is 0 Å². The molecule has 0 bridgehead atoms. The zero-order valence-corrected chi connectivity index (χ0v) is 20.2. The van der Waals surface area contributed by atoms with Crippen LogP contribution in [0.15, 0.2) is 48.5 Å². The number of carbonyl (C=O) groups excluding carboxylic acids is 1. The maximum atomic E-state index is 14.3. The summed E-state index contributed by atoms with van der Waals surface area (Å²) in [4.78, 5) is 15.0. The van der Waals surface area contributed by atoms with Gasteiger partial charge in [-0.3, -0.25) is 4.79 Å². The Labute approximate surface area is 195 Å². The zero-order chi connectivity index (χ0) is 21.3. The average molecular weight is 477 g/mol. The van der Waals surface area contributed by atoms with Crippen molar-refractivity contribution < 1.29 is 4.79 Å². The van der Waals surface area contributed by atoms with Gasteiger partial charge in [0.2, 0.25) is 0 Å². The molecule has 9 unspecified atom stereocenters. The molecular formula is C29H33BrO. The van der Waals surface area contributed by atoms with E-state index in [1.165, 1.54) is 54.4 Å². The first kappa shape index (κ1) is 20.2. The summed E-state index contributed by atoms with van der Waals surface area (Å²) in [5.41, 5.74) is 5.22. The highest BCUT2D eigenvalue weighted by Crippen LogP contribution is 2.69. The third kappa shape index (κ3) is 2.89. The van der Waals surface area contributed by atoms with E-state index in [-0.39, 0.29) is 11.8 Å². The van der Waals surface area contributed by atoms with Crippen LogP contribution in [0, 0.1) is 49.4 Å². The molecule has 162 valence electrons. The van der Waals surface area contributed by atoms with Crippen molar-refractivity contribution in [2.45, 2.75) is 62.6 Å². The van der Waals surface area contributed by atoms with Crippen molar-refractivity contribution in [3.05, 3.63) is 70.8 Å². The van der Waals surface area contributed by atoms with E-state index in [1.54, 1.807) is 0 Å². The summed E-state index contributed by atoms with van der Waals surface area (Å²) in [5.74, 6) is 4.79. The smallest absolute Gasteiger partial charge is 0.148 e. The fourth-order valence-electron chi connectivity index (χ4n) is 8.68. The van der Waals surface area contributed by atoms with Crippen LogP contribution in [0.1, 0.15) is 66.2 Å². The number of Topliss-reactive ketones (excluding diaryl/α,β-unsaturated/α-hetero) is 1. The second kappa shape index (κ2) is 7.58.